The molecule has 126 valence electrons. The van der Waals surface area contributed by atoms with Crippen molar-refractivity contribution in [3.05, 3.63) is 59.1 Å². The fraction of sp³-hybridized carbons (Fsp3) is 0.143. The maximum atomic E-state index is 11.0. The van der Waals surface area contributed by atoms with Gasteiger partial charge in [-0.25, -0.2) is 8.42 Å². The maximum absolute atomic E-state index is 11.0. The number of rotatable bonds is 3. The minimum Gasteiger partial charge on any atom is -0.270 e. The Morgan fingerprint density at radius 1 is 0.913 bits per heavy atom. The molecule has 0 saturated heterocycles. The first-order valence-corrected chi connectivity index (χ1v) is 10.2. The molecule has 0 atom stereocenters. The third kappa shape index (κ3) is 5.78. The van der Waals surface area contributed by atoms with Crippen LogP contribution in [0.5, 0.6) is 0 Å². The van der Waals surface area contributed by atoms with E-state index in [9.17, 15) is 16.8 Å². The third-order valence-corrected chi connectivity index (χ3v) is 5.90. The van der Waals surface area contributed by atoms with Crippen molar-refractivity contribution in [3.63, 3.8) is 0 Å². The van der Waals surface area contributed by atoms with E-state index in [0.717, 1.165) is 7.11 Å². The molecule has 0 bridgehead atoms. The van der Waals surface area contributed by atoms with E-state index in [4.69, 9.17) is 22.3 Å². The molecule has 0 heterocycles. The van der Waals surface area contributed by atoms with E-state index >= 15 is 0 Å². The lowest BCUT2D eigenvalue weighted by atomic mass is 10.2. The van der Waals surface area contributed by atoms with Gasteiger partial charge in [0.1, 0.15) is 0 Å². The summed E-state index contributed by atoms with van der Waals surface area (Å²) in [4.78, 5) is 0.249. The summed E-state index contributed by atoms with van der Waals surface area (Å²) in [5.41, 5.74) is 0.481. The SMILES string of the molecule is COS(=O)(=O)c1ccccc1.Cc1c(Cl)cccc1S(=O)(=O)Cl. The van der Waals surface area contributed by atoms with Crippen molar-refractivity contribution in [2.75, 3.05) is 7.11 Å². The third-order valence-electron chi connectivity index (χ3n) is 2.73. The molecule has 0 aliphatic heterocycles. The molecule has 0 aliphatic rings. The van der Waals surface area contributed by atoms with Crippen molar-refractivity contribution in [2.45, 2.75) is 16.7 Å². The predicted octanol–water partition coefficient (Wildman–Crippen LogP) is 3.60. The fourth-order valence-electron chi connectivity index (χ4n) is 1.54. The summed E-state index contributed by atoms with van der Waals surface area (Å²) < 4.78 is 48.1. The van der Waals surface area contributed by atoms with Gasteiger partial charge in [-0.15, -0.1) is 0 Å². The molecule has 0 amide bonds. The second kappa shape index (κ2) is 8.12. The van der Waals surface area contributed by atoms with Gasteiger partial charge in [0.25, 0.3) is 19.2 Å². The van der Waals surface area contributed by atoms with Crippen molar-refractivity contribution >= 4 is 41.5 Å². The van der Waals surface area contributed by atoms with Crippen LogP contribution in [0.2, 0.25) is 5.02 Å². The number of halogens is 2. The summed E-state index contributed by atoms with van der Waals surface area (Å²) >= 11 is 5.70. The van der Waals surface area contributed by atoms with Crippen LogP contribution in [0.25, 0.3) is 0 Å². The quantitative estimate of drug-likeness (QED) is 0.584. The zero-order valence-corrected chi connectivity index (χ0v) is 15.4. The molecule has 2 rings (SSSR count). The normalized spacial score (nSPS) is 11.5. The second-order valence-electron chi connectivity index (χ2n) is 4.23. The van der Waals surface area contributed by atoms with Crippen LogP contribution in [0.3, 0.4) is 0 Å². The molecule has 0 saturated carbocycles. The second-order valence-corrected chi connectivity index (χ2v) is 8.89. The van der Waals surface area contributed by atoms with E-state index < -0.39 is 19.2 Å². The first-order chi connectivity index (χ1) is 10.6. The average Bonchev–Trinajstić information content (AvgIpc) is 2.50. The monoisotopic (exact) mass is 396 g/mol. The van der Waals surface area contributed by atoms with Crippen molar-refractivity contribution < 1.29 is 21.0 Å². The highest BCUT2D eigenvalue weighted by molar-refractivity contribution is 8.13. The zero-order valence-electron chi connectivity index (χ0n) is 12.2. The Hall–Kier alpha value is -1.12. The first kappa shape index (κ1) is 19.9. The summed E-state index contributed by atoms with van der Waals surface area (Å²) in [6.07, 6.45) is 0. The maximum Gasteiger partial charge on any atom is 0.296 e. The van der Waals surface area contributed by atoms with Crippen LogP contribution in [0, 0.1) is 6.92 Å². The minimum absolute atomic E-state index is 0.0664. The Kier molecular flexibility index (Phi) is 7.03. The number of benzene rings is 2. The van der Waals surface area contributed by atoms with Crippen molar-refractivity contribution in [2.24, 2.45) is 0 Å². The van der Waals surface area contributed by atoms with E-state index in [0.29, 0.717) is 10.6 Å². The molecule has 2 aromatic carbocycles. The van der Waals surface area contributed by atoms with Gasteiger partial charge in [0.2, 0.25) is 0 Å². The van der Waals surface area contributed by atoms with Gasteiger partial charge in [0.15, 0.2) is 0 Å². The Bertz CT molecular complexity index is 863. The largest absolute Gasteiger partial charge is 0.296 e. The van der Waals surface area contributed by atoms with Crippen LogP contribution in [0.15, 0.2) is 58.3 Å². The van der Waals surface area contributed by atoms with Crippen LogP contribution in [-0.4, -0.2) is 23.9 Å². The summed E-state index contributed by atoms with van der Waals surface area (Å²) in [7, 11) is -0.876. The topological polar surface area (TPSA) is 77.5 Å². The lowest BCUT2D eigenvalue weighted by Crippen LogP contribution is -2.01. The van der Waals surface area contributed by atoms with Gasteiger partial charge in [-0.05, 0) is 36.8 Å². The highest BCUT2D eigenvalue weighted by Gasteiger charge is 2.14. The van der Waals surface area contributed by atoms with Gasteiger partial charge >= 0.3 is 0 Å². The zero-order chi connectivity index (χ0) is 17.7. The lowest BCUT2D eigenvalue weighted by Gasteiger charge is -2.02. The molecule has 0 aliphatic carbocycles. The average molecular weight is 397 g/mol. The highest BCUT2D eigenvalue weighted by Crippen LogP contribution is 2.24. The Balaban J connectivity index is 0.000000231. The summed E-state index contributed by atoms with van der Waals surface area (Å²) in [6.45, 7) is 1.61. The smallest absolute Gasteiger partial charge is 0.270 e. The van der Waals surface area contributed by atoms with E-state index in [-0.39, 0.29) is 9.79 Å². The van der Waals surface area contributed by atoms with E-state index in [1.54, 1.807) is 37.3 Å². The summed E-state index contributed by atoms with van der Waals surface area (Å²) in [5.74, 6) is 0. The molecular formula is C14H14Cl2O5S2. The number of hydrogen-bond acceptors (Lipinski definition) is 5. The molecule has 23 heavy (non-hydrogen) atoms. The fourth-order valence-corrected chi connectivity index (χ4v) is 3.67. The van der Waals surface area contributed by atoms with Crippen molar-refractivity contribution in [1.29, 1.82) is 0 Å². The first-order valence-electron chi connectivity index (χ1n) is 6.15. The molecule has 0 unspecified atom stereocenters. The molecule has 0 fully saturated rings. The van der Waals surface area contributed by atoms with E-state index in [1.807, 2.05) is 0 Å². The Morgan fingerprint density at radius 3 is 1.91 bits per heavy atom. The van der Waals surface area contributed by atoms with Crippen LogP contribution in [0.4, 0.5) is 0 Å². The molecule has 2 aromatic rings. The highest BCUT2D eigenvalue weighted by atomic mass is 35.7. The standard InChI is InChI=1S/C7H6Cl2O2S.C7H8O3S/c1-5-6(8)3-2-4-7(5)12(9,10)11;1-10-11(8,9)7-5-3-2-4-6-7/h2-4H,1H3;2-6H,1H3. The van der Waals surface area contributed by atoms with Crippen LogP contribution >= 0.6 is 22.3 Å². The van der Waals surface area contributed by atoms with Crippen LogP contribution in [0.1, 0.15) is 5.56 Å². The Labute approximate surface area is 145 Å². The Morgan fingerprint density at radius 2 is 1.48 bits per heavy atom. The lowest BCUT2D eigenvalue weighted by molar-refractivity contribution is 0.398. The van der Waals surface area contributed by atoms with Crippen LogP contribution < -0.4 is 0 Å². The molecular weight excluding hydrogens is 383 g/mol. The van der Waals surface area contributed by atoms with Gasteiger partial charge in [-0.3, -0.25) is 4.18 Å². The molecule has 0 radical (unpaired) electrons. The van der Waals surface area contributed by atoms with E-state index in [2.05, 4.69) is 4.18 Å². The van der Waals surface area contributed by atoms with Crippen LogP contribution in [-0.2, 0) is 23.4 Å². The van der Waals surface area contributed by atoms with Gasteiger partial charge < -0.3 is 0 Å². The van der Waals surface area contributed by atoms with Crippen molar-refractivity contribution in [1.82, 2.24) is 0 Å². The van der Waals surface area contributed by atoms with Gasteiger partial charge in [0, 0.05) is 15.7 Å². The molecule has 9 heteroatoms. The predicted molar refractivity (Wildman–Crippen MR) is 89.9 cm³/mol. The van der Waals surface area contributed by atoms with Gasteiger partial charge in [0.05, 0.1) is 16.9 Å². The minimum atomic E-state index is -3.67. The van der Waals surface area contributed by atoms with Gasteiger partial charge in [-0.1, -0.05) is 35.9 Å². The summed E-state index contributed by atoms with van der Waals surface area (Å²) in [5, 5.41) is 0.400. The number of hydrogen-bond donors (Lipinski definition) is 0. The molecule has 0 N–H and O–H groups in total. The molecule has 0 spiro atoms. The van der Waals surface area contributed by atoms with Gasteiger partial charge in [-0.2, -0.15) is 8.42 Å². The molecule has 0 aromatic heterocycles. The molecule has 5 nitrogen and oxygen atoms in total. The van der Waals surface area contributed by atoms with E-state index in [1.165, 1.54) is 18.2 Å². The summed E-state index contributed by atoms with van der Waals surface area (Å²) in [6, 6.07) is 12.6. The van der Waals surface area contributed by atoms with Crippen molar-refractivity contribution in [3.8, 4) is 0 Å².